The van der Waals surface area contributed by atoms with Crippen molar-refractivity contribution in [3.05, 3.63) is 23.5 Å². The van der Waals surface area contributed by atoms with Crippen LogP contribution in [0.1, 0.15) is 30.0 Å². The van der Waals surface area contributed by atoms with Crippen LogP contribution in [-0.2, 0) is 6.18 Å². The number of hydrogen-bond acceptors (Lipinski definition) is 2. The smallest absolute Gasteiger partial charge is 0.418 e. The Hall–Kier alpha value is -1.26. The Morgan fingerprint density at radius 3 is 2.50 bits per heavy atom. The molecule has 0 aromatic carbocycles. The van der Waals surface area contributed by atoms with Gasteiger partial charge in [-0.25, -0.2) is 0 Å². The maximum atomic E-state index is 12.5. The van der Waals surface area contributed by atoms with E-state index in [1.54, 1.807) is 0 Å². The molecule has 1 aromatic heterocycles. The fraction of sp³-hybridized carbons (Fsp3) is 0.444. The maximum Gasteiger partial charge on any atom is 0.418 e. The normalized spacial score (nSPS) is 17.1. The van der Waals surface area contributed by atoms with Gasteiger partial charge in [-0.1, -0.05) is 0 Å². The third kappa shape index (κ3) is 1.66. The highest BCUT2D eigenvalue weighted by atomic mass is 19.4. The molecule has 2 nitrogen and oxygen atoms in total. The molecular weight excluding hydrogens is 195 g/mol. The van der Waals surface area contributed by atoms with E-state index in [2.05, 4.69) is 4.98 Å². The van der Waals surface area contributed by atoms with Crippen molar-refractivity contribution in [3.63, 3.8) is 0 Å². The van der Waals surface area contributed by atoms with Crippen LogP contribution in [0.25, 0.3) is 0 Å². The van der Waals surface area contributed by atoms with E-state index in [9.17, 15) is 13.2 Å². The van der Waals surface area contributed by atoms with Crippen molar-refractivity contribution in [2.45, 2.75) is 24.9 Å². The van der Waals surface area contributed by atoms with Crippen LogP contribution < -0.4 is 0 Å². The number of pyridine rings is 1. The molecule has 5 heteroatoms. The highest BCUT2D eigenvalue weighted by molar-refractivity contribution is 5.34. The van der Waals surface area contributed by atoms with E-state index >= 15 is 0 Å². The lowest BCUT2D eigenvalue weighted by atomic mass is 10.1. The molecule has 1 N–H and O–H groups in total. The molecule has 0 spiro atoms. The molecule has 14 heavy (non-hydrogen) atoms. The van der Waals surface area contributed by atoms with Gasteiger partial charge in [0.05, 0.1) is 17.5 Å². The van der Waals surface area contributed by atoms with Gasteiger partial charge in [0.2, 0.25) is 0 Å². The Bertz CT molecular complexity index is 358. The number of hydrogen-bond donors (Lipinski definition) is 1. The van der Waals surface area contributed by atoms with Gasteiger partial charge in [0.15, 0.2) is 0 Å². The summed E-state index contributed by atoms with van der Waals surface area (Å²) in [4.78, 5) is 3.64. The molecule has 76 valence electrons. The number of aromatic nitrogens is 1. The van der Waals surface area contributed by atoms with Crippen LogP contribution in [0.3, 0.4) is 0 Å². The van der Waals surface area contributed by atoms with Gasteiger partial charge in [-0.3, -0.25) is 4.98 Å². The predicted molar refractivity (Wildman–Crippen MR) is 42.9 cm³/mol. The fourth-order valence-electron chi connectivity index (χ4n) is 1.37. The summed E-state index contributed by atoms with van der Waals surface area (Å²) in [5, 5.41) is 8.94. The summed E-state index contributed by atoms with van der Waals surface area (Å²) < 4.78 is 37.4. The van der Waals surface area contributed by atoms with E-state index in [1.165, 1.54) is 0 Å². The van der Waals surface area contributed by atoms with Crippen molar-refractivity contribution in [3.8, 4) is 5.75 Å². The minimum Gasteiger partial charge on any atom is -0.506 e. The van der Waals surface area contributed by atoms with E-state index < -0.39 is 17.5 Å². The van der Waals surface area contributed by atoms with Crippen LogP contribution >= 0.6 is 0 Å². The van der Waals surface area contributed by atoms with Crippen LogP contribution in [0.4, 0.5) is 13.2 Å². The maximum absolute atomic E-state index is 12.5. The molecule has 1 aliphatic carbocycles. The average molecular weight is 203 g/mol. The zero-order valence-corrected chi connectivity index (χ0v) is 7.17. The summed E-state index contributed by atoms with van der Waals surface area (Å²) in [6.45, 7) is 0. The van der Waals surface area contributed by atoms with Gasteiger partial charge in [-0.05, 0) is 18.9 Å². The standard InChI is InChI=1S/C9H8F3NO/c10-9(11,12)7-3-6(14)4-13-8(7)5-1-2-5/h3-5,14H,1-2H2. The zero-order valence-electron chi connectivity index (χ0n) is 7.17. The number of nitrogens with zero attached hydrogens (tertiary/aromatic N) is 1. The first-order valence-corrected chi connectivity index (χ1v) is 4.24. The van der Waals surface area contributed by atoms with Crippen molar-refractivity contribution in [2.24, 2.45) is 0 Å². The monoisotopic (exact) mass is 203 g/mol. The molecule has 1 fully saturated rings. The first-order valence-electron chi connectivity index (χ1n) is 4.24. The Balaban J connectivity index is 2.48. The van der Waals surface area contributed by atoms with Crippen LogP contribution in [0, 0.1) is 0 Å². The van der Waals surface area contributed by atoms with E-state index in [-0.39, 0.29) is 11.6 Å². The molecule has 2 rings (SSSR count). The fourth-order valence-corrected chi connectivity index (χ4v) is 1.37. The van der Waals surface area contributed by atoms with Crippen LogP contribution in [0.5, 0.6) is 5.75 Å². The Kier molecular flexibility index (Phi) is 1.90. The topological polar surface area (TPSA) is 33.1 Å². The second kappa shape index (κ2) is 2.87. The third-order valence-corrected chi connectivity index (χ3v) is 2.17. The highest BCUT2D eigenvalue weighted by Gasteiger charge is 2.39. The third-order valence-electron chi connectivity index (χ3n) is 2.17. The summed E-state index contributed by atoms with van der Waals surface area (Å²) >= 11 is 0. The number of aromatic hydroxyl groups is 1. The van der Waals surface area contributed by atoms with E-state index in [4.69, 9.17) is 5.11 Å². The van der Waals surface area contributed by atoms with Crippen LogP contribution in [-0.4, -0.2) is 10.1 Å². The van der Waals surface area contributed by atoms with Gasteiger partial charge in [0, 0.05) is 5.92 Å². The van der Waals surface area contributed by atoms with Crippen molar-refractivity contribution < 1.29 is 18.3 Å². The zero-order chi connectivity index (χ0) is 10.3. The molecular formula is C9H8F3NO. The first-order chi connectivity index (χ1) is 6.48. The van der Waals surface area contributed by atoms with Crippen molar-refractivity contribution in [1.82, 2.24) is 4.98 Å². The minimum atomic E-state index is -4.43. The molecule has 0 amide bonds. The quantitative estimate of drug-likeness (QED) is 0.761. The number of halogens is 3. The summed E-state index contributed by atoms with van der Waals surface area (Å²) in [6.07, 6.45) is -1.87. The Labute approximate surface area is 78.4 Å². The van der Waals surface area contributed by atoms with Gasteiger partial charge in [-0.15, -0.1) is 0 Å². The lowest BCUT2D eigenvalue weighted by Gasteiger charge is -2.11. The van der Waals surface area contributed by atoms with E-state index in [0.717, 1.165) is 25.1 Å². The lowest BCUT2D eigenvalue weighted by Crippen LogP contribution is -2.09. The number of rotatable bonds is 1. The van der Waals surface area contributed by atoms with Gasteiger partial charge in [0.1, 0.15) is 5.75 Å². The van der Waals surface area contributed by atoms with Crippen molar-refractivity contribution in [2.75, 3.05) is 0 Å². The Morgan fingerprint density at radius 1 is 1.36 bits per heavy atom. The van der Waals surface area contributed by atoms with Crippen LogP contribution in [0.15, 0.2) is 12.3 Å². The van der Waals surface area contributed by atoms with Gasteiger partial charge in [0.25, 0.3) is 0 Å². The summed E-state index contributed by atoms with van der Waals surface area (Å²) in [6, 6.07) is 0.737. The molecule has 0 radical (unpaired) electrons. The molecule has 1 heterocycles. The number of alkyl halides is 3. The van der Waals surface area contributed by atoms with Gasteiger partial charge in [-0.2, -0.15) is 13.2 Å². The molecule has 0 saturated heterocycles. The summed E-state index contributed by atoms with van der Waals surface area (Å²) in [5.41, 5.74) is -0.740. The second-order valence-electron chi connectivity index (χ2n) is 3.40. The molecule has 1 aliphatic rings. The minimum absolute atomic E-state index is 0.0651. The average Bonchev–Trinajstić information content (AvgIpc) is 2.85. The molecule has 1 saturated carbocycles. The molecule has 0 unspecified atom stereocenters. The Morgan fingerprint density at radius 2 is 2.00 bits per heavy atom. The summed E-state index contributed by atoms with van der Waals surface area (Å²) in [5.74, 6) is -0.519. The second-order valence-corrected chi connectivity index (χ2v) is 3.40. The van der Waals surface area contributed by atoms with Crippen LogP contribution in [0.2, 0.25) is 0 Å². The van der Waals surface area contributed by atoms with Gasteiger partial charge >= 0.3 is 6.18 Å². The SMILES string of the molecule is Oc1cnc(C2CC2)c(C(F)(F)F)c1. The first kappa shape index (κ1) is 9.30. The molecule has 1 aromatic rings. The molecule has 0 aliphatic heterocycles. The molecule has 0 atom stereocenters. The van der Waals surface area contributed by atoms with Crippen molar-refractivity contribution in [1.29, 1.82) is 0 Å². The largest absolute Gasteiger partial charge is 0.506 e. The van der Waals surface area contributed by atoms with E-state index in [1.807, 2.05) is 0 Å². The lowest BCUT2D eigenvalue weighted by molar-refractivity contribution is -0.138. The van der Waals surface area contributed by atoms with Crippen molar-refractivity contribution >= 4 is 0 Å². The van der Waals surface area contributed by atoms with Gasteiger partial charge < -0.3 is 5.11 Å². The van der Waals surface area contributed by atoms with E-state index in [0.29, 0.717) is 0 Å². The molecule has 0 bridgehead atoms. The predicted octanol–water partition coefficient (Wildman–Crippen LogP) is 2.68. The summed E-state index contributed by atoms with van der Waals surface area (Å²) in [7, 11) is 0. The highest BCUT2D eigenvalue weighted by Crippen LogP contribution is 2.45.